The predicted molar refractivity (Wildman–Crippen MR) is 80.0 cm³/mol. The van der Waals surface area contributed by atoms with Crippen LogP contribution in [-0.4, -0.2) is 30.1 Å². The van der Waals surface area contributed by atoms with Crippen molar-refractivity contribution in [3.63, 3.8) is 0 Å². The number of carbonyl (C=O) groups is 1. The zero-order chi connectivity index (χ0) is 15.9. The van der Waals surface area contributed by atoms with Gasteiger partial charge in [0.15, 0.2) is 0 Å². The Morgan fingerprint density at radius 1 is 1.41 bits per heavy atom. The molecule has 0 bridgehead atoms. The second-order valence-electron chi connectivity index (χ2n) is 5.55. The number of aryl methyl sites for hydroxylation is 1. The monoisotopic (exact) mass is 301 g/mol. The summed E-state index contributed by atoms with van der Waals surface area (Å²) < 4.78 is 3.19. The molecule has 0 saturated heterocycles. The molecule has 3 rings (SSSR count). The SMILES string of the molecule is CCC(C(=O)N1Cc2nc(C)n(C)c(=O)c2C1)n1cccn1. The third kappa shape index (κ3) is 2.22. The van der Waals surface area contributed by atoms with Gasteiger partial charge in [0.1, 0.15) is 11.9 Å². The first kappa shape index (κ1) is 14.5. The molecule has 1 aliphatic rings. The summed E-state index contributed by atoms with van der Waals surface area (Å²) in [4.78, 5) is 31.2. The summed E-state index contributed by atoms with van der Waals surface area (Å²) in [6.07, 6.45) is 4.10. The van der Waals surface area contributed by atoms with E-state index in [0.29, 0.717) is 36.6 Å². The number of aromatic nitrogens is 4. The van der Waals surface area contributed by atoms with Crippen LogP contribution in [0.1, 0.15) is 36.5 Å². The Labute approximate surface area is 128 Å². The van der Waals surface area contributed by atoms with Gasteiger partial charge < -0.3 is 4.90 Å². The molecule has 116 valence electrons. The lowest BCUT2D eigenvalue weighted by Gasteiger charge is -2.22. The largest absolute Gasteiger partial charge is 0.330 e. The topological polar surface area (TPSA) is 73.0 Å². The van der Waals surface area contributed by atoms with Gasteiger partial charge in [0, 0.05) is 19.4 Å². The van der Waals surface area contributed by atoms with E-state index in [0.717, 1.165) is 0 Å². The van der Waals surface area contributed by atoms with Gasteiger partial charge in [0.2, 0.25) is 5.91 Å². The minimum atomic E-state index is -0.339. The quantitative estimate of drug-likeness (QED) is 0.840. The highest BCUT2D eigenvalue weighted by molar-refractivity contribution is 5.80. The molecule has 22 heavy (non-hydrogen) atoms. The molecule has 0 fully saturated rings. The normalized spacial score (nSPS) is 15.0. The molecular formula is C15H19N5O2. The number of fused-ring (bicyclic) bond motifs is 1. The Morgan fingerprint density at radius 3 is 2.82 bits per heavy atom. The Morgan fingerprint density at radius 2 is 2.18 bits per heavy atom. The average Bonchev–Trinajstić information content (AvgIpc) is 3.15. The van der Waals surface area contributed by atoms with E-state index in [4.69, 9.17) is 0 Å². The Kier molecular flexibility index (Phi) is 3.56. The van der Waals surface area contributed by atoms with Crippen molar-refractivity contribution in [1.29, 1.82) is 0 Å². The smallest absolute Gasteiger partial charge is 0.258 e. The van der Waals surface area contributed by atoms with E-state index in [9.17, 15) is 9.59 Å². The zero-order valence-electron chi connectivity index (χ0n) is 13.0. The highest BCUT2D eigenvalue weighted by Gasteiger charge is 2.32. The Hall–Kier alpha value is -2.44. The number of hydrogen-bond donors (Lipinski definition) is 0. The fourth-order valence-corrected chi connectivity index (χ4v) is 2.83. The molecule has 2 aromatic heterocycles. The van der Waals surface area contributed by atoms with Crippen LogP contribution in [0.3, 0.4) is 0 Å². The third-order valence-corrected chi connectivity index (χ3v) is 4.21. The van der Waals surface area contributed by atoms with Gasteiger partial charge in [-0.1, -0.05) is 6.92 Å². The van der Waals surface area contributed by atoms with Crippen molar-refractivity contribution in [1.82, 2.24) is 24.2 Å². The Balaban J connectivity index is 1.88. The lowest BCUT2D eigenvalue weighted by molar-refractivity contribution is -0.135. The van der Waals surface area contributed by atoms with Crippen molar-refractivity contribution in [2.24, 2.45) is 7.05 Å². The van der Waals surface area contributed by atoms with E-state index in [1.165, 1.54) is 4.57 Å². The number of carbonyl (C=O) groups excluding carboxylic acids is 1. The van der Waals surface area contributed by atoms with Crippen molar-refractivity contribution in [2.75, 3.05) is 0 Å². The second kappa shape index (κ2) is 5.40. The van der Waals surface area contributed by atoms with Crippen molar-refractivity contribution < 1.29 is 4.79 Å². The number of amides is 1. The van der Waals surface area contributed by atoms with Crippen LogP contribution in [-0.2, 0) is 24.9 Å². The molecule has 0 spiro atoms. The van der Waals surface area contributed by atoms with Gasteiger partial charge in [0.25, 0.3) is 5.56 Å². The molecule has 1 amide bonds. The van der Waals surface area contributed by atoms with Gasteiger partial charge in [0.05, 0.1) is 24.3 Å². The first-order chi connectivity index (χ1) is 10.5. The lowest BCUT2D eigenvalue weighted by Crippen LogP contribution is -2.34. The second-order valence-corrected chi connectivity index (χ2v) is 5.55. The lowest BCUT2D eigenvalue weighted by atomic mass is 10.2. The van der Waals surface area contributed by atoms with Crippen LogP contribution in [0.4, 0.5) is 0 Å². The van der Waals surface area contributed by atoms with Gasteiger partial charge in [-0.15, -0.1) is 0 Å². The fourth-order valence-electron chi connectivity index (χ4n) is 2.83. The zero-order valence-corrected chi connectivity index (χ0v) is 13.0. The highest BCUT2D eigenvalue weighted by atomic mass is 16.2. The summed E-state index contributed by atoms with van der Waals surface area (Å²) in [5.74, 6) is 0.640. The molecular weight excluding hydrogens is 282 g/mol. The molecule has 0 aromatic carbocycles. The molecule has 0 N–H and O–H groups in total. The standard InChI is InChI=1S/C15H19N5O2/c1-4-13(20-7-5-6-16-20)15(22)19-8-11-12(9-19)17-10(2)18(3)14(11)21/h5-7,13H,4,8-9H2,1-3H3. The van der Waals surface area contributed by atoms with Crippen molar-refractivity contribution in [3.05, 3.63) is 45.9 Å². The van der Waals surface area contributed by atoms with E-state index in [1.54, 1.807) is 42.0 Å². The molecule has 3 heterocycles. The number of rotatable bonds is 3. The molecule has 0 aliphatic carbocycles. The fraction of sp³-hybridized carbons (Fsp3) is 0.467. The minimum Gasteiger partial charge on any atom is -0.330 e. The van der Waals surface area contributed by atoms with Crippen LogP contribution >= 0.6 is 0 Å². The van der Waals surface area contributed by atoms with Gasteiger partial charge in [-0.2, -0.15) is 5.10 Å². The van der Waals surface area contributed by atoms with E-state index in [-0.39, 0.29) is 17.5 Å². The summed E-state index contributed by atoms with van der Waals surface area (Å²) in [5, 5.41) is 4.16. The number of hydrogen-bond acceptors (Lipinski definition) is 4. The van der Waals surface area contributed by atoms with Gasteiger partial charge in [-0.05, 0) is 19.4 Å². The first-order valence-corrected chi connectivity index (χ1v) is 7.36. The summed E-state index contributed by atoms with van der Waals surface area (Å²) in [5.41, 5.74) is 1.27. The van der Waals surface area contributed by atoms with E-state index in [1.807, 2.05) is 6.92 Å². The maximum atomic E-state index is 12.8. The summed E-state index contributed by atoms with van der Waals surface area (Å²) in [6, 6.07) is 1.46. The third-order valence-electron chi connectivity index (χ3n) is 4.21. The molecule has 7 nitrogen and oxygen atoms in total. The Bertz CT molecular complexity index is 763. The van der Waals surface area contributed by atoms with Gasteiger partial charge in [-0.25, -0.2) is 4.98 Å². The molecule has 1 atom stereocenters. The van der Waals surface area contributed by atoms with Crippen LogP contribution in [0, 0.1) is 6.92 Å². The van der Waals surface area contributed by atoms with Gasteiger partial charge >= 0.3 is 0 Å². The molecule has 2 aromatic rings. The maximum absolute atomic E-state index is 12.8. The van der Waals surface area contributed by atoms with Crippen LogP contribution in [0.2, 0.25) is 0 Å². The van der Waals surface area contributed by atoms with E-state index >= 15 is 0 Å². The van der Waals surface area contributed by atoms with Crippen LogP contribution in [0.5, 0.6) is 0 Å². The molecule has 0 saturated carbocycles. The van der Waals surface area contributed by atoms with Gasteiger partial charge in [-0.3, -0.25) is 18.8 Å². The minimum absolute atomic E-state index is 0.0242. The van der Waals surface area contributed by atoms with Crippen molar-refractivity contribution >= 4 is 5.91 Å². The van der Waals surface area contributed by atoms with Crippen molar-refractivity contribution in [2.45, 2.75) is 39.4 Å². The van der Waals surface area contributed by atoms with E-state index < -0.39 is 0 Å². The summed E-state index contributed by atoms with van der Waals surface area (Å²) >= 11 is 0. The summed E-state index contributed by atoms with van der Waals surface area (Å²) in [6.45, 7) is 4.47. The molecule has 0 radical (unpaired) electrons. The highest BCUT2D eigenvalue weighted by Crippen LogP contribution is 2.23. The van der Waals surface area contributed by atoms with Crippen LogP contribution in [0.25, 0.3) is 0 Å². The van der Waals surface area contributed by atoms with Crippen molar-refractivity contribution in [3.8, 4) is 0 Å². The predicted octanol–water partition coefficient (Wildman–Crippen LogP) is 0.779. The van der Waals surface area contributed by atoms with E-state index in [2.05, 4.69) is 10.1 Å². The van der Waals surface area contributed by atoms with Crippen LogP contribution in [0.15, 0.2) is 23.3 Å². The number of nitrogens with zero attached hydrogens (tertiary/aromatic N) is 5. The molecule has 1 unspecified atom stereocenters. The van der Waals surface area contributed by atoms with Crippen LogP contribution < -0.4 is 5.56 Å². The maximum Gasteiger partial charge on any atom is 0.258 e. The average molecular weight is 301 g/mol. The molecule has 7 heteroatoms. The first-order valence-electron chi connectivity index (χ1n) is 7.36. The molecule has 1 aliphatic heterocycles. The summed E-state index contributed by atoms with van der Waals surface area (Å²) in [7, 11) is 1.70.